The lowest BCUT2D eigenvalue weighted by atomic mass is 9.85. The van der Waals surface area contributed by atoms with E-state index in [1.165, 1.54) is 19.3 Å². The Morgan fingerprint density at radius 3 is 2.61 bits per heavy atom. The standard InChI is InChI=1S/C16H26O2/c17-14-10-5-3-1-2-4-9-13-16(18)15-11-7-6-8-12-15/h2,4,15-18H,1,3,5-8,10-12,14H2. The Bertz CT molecular complexity index is 279. The van der Waals surface area contributed by atoms with E-state index in [1.54, 1.807) is 0 Å². The zero-order valence-electron chi connectivity index (χ0n) is 11.3. The second-order valence-electron chi connectivity index (χ2n) is 5.11. The molecule has 18 heavy (non-hydrogen) atoms. The lowest BCUT2D eigenvalue weighted by Gasteiger charge is -2.23. The van der Waals surface area contributed by atoms with Gasteiger partial charge in [0.1, 0.15) is 6.10 Å². The lowest BCUT2D eigenvalue weighted by Crippen LogP contribution is -2.20. The molecule has 0 bridgehead atoms. The molecule has 0 aromatic heterocycles. The normalized spacial score (nSPS) is 18.6. The quantitative estimate of drug-likeness (QED) is 0.562. The Kier molecular flexibility index (Phi) is 8.63. The summed E-state index contributed by atoms with van der Waals surface area (Å²) in [6.45, 7) is 0.289. The number of aliphatic hydroxyl groups excluding tert-OH is 2. The predicted octanol–water partition coefficient (Wildman–Crippen LogP) is 3.04. The van der Waals surface area contributed by atoms with Crippen LogP contribution in [0.15, 0.2) is 12.2 Å². The molecule has 1 unspecified atom stereocenters. The third kappa shape index (κ3) is 6.83. The molecule has 0 spiro atoms. The summed E-state index contributed by atoms with van der Waals surface area (Å²) in [5.41, 5.74) is 0. The summed E-state index contributed by atoms with van der Waals surface area (Å²) >= 11 is 0. The first-order chi connectivity index (χ1) is 8.84. The molecular weight excluding hydrogens is 224 g/mol. The molecule has 1 saturated carbocycles. The molecule has 1 aliphatic rings. The Hall–Kier alpha value is -0.780. The highest BCUT2D eigenvalue weighted by Gasteiger charge is 2.19. The van der Waals surface area contributed by atoms with Gasteiger partial charge in [-0.05, 0) is 44.1 Å². The van der Waals surface area contributed by atoms with Crippen LogP contribution in [-0.2, 0) is 0 Å². The minimum atomic E-state index is -0.440. The molecule has 102 valence electrons. The van der Waals surface area contributed by atoms with Crippen LogP contribution < -0.4 is 0 Å². The van der Waals surface area contributed by atoms with Gasteiger partial charge >= 0.3 is 0 Å². The second kappa shape index (κ2) is 10.2. The van der Waals surface area contributed by atoms with E-state index in [-0.39, 0.29) is 6.61 Å². The van der Waals surface area contributed by atoms with Crippen LogP contribution in [0.2, 0.25) is 0 Å². The lowest BCUT2D eigenvalue weighted by molar-refractivity contribution is 0.133. The number of hydrogen-bond donors (Lipinski definition) is 2. The molecule has 1 fully saturated rings. The highest BCUT2D eigenvalue weighted by atomic mass is 16.3. The third-order valence-corrected chi connectivity index (χ3v) is 3.56. The van der Waals surface area contributed by atoms with Crippen LogP contribution in [-0.4, -0.2) is 22.9 Å². The molecule has 2 heteroatoms. The van der Waals surface area contributed by atoms with Gasteiger partial charge in [-0.25, -0.2) is 0 Å². The van der Waals surface area contributed by atoms with Gasteiger partial charge in [-0.3, -0.25) is 0 Å². The van der Waals surface area contributed by atoms with E-state index >= 15 is 0 Å². The predicted molar refractivity (Wildman–Crippen MR) is 75.1 cm³/mol. The van der Waals surface area contributed by atoms with Crippen molar-refractivity contribution in [3.8, 4) is 11.8 Å². The first kappa shape index (κ1) is 15.3. The molecule has 0 aromatic rings. The Morgan fingerprint density at radius 2 is 1.89 bits per heavy atom. The fraction of sp³-hybridized carbons (Fsp3) is 0.750. The smallest absolute Gasteiger partial charge is 0.117 e. The van der Waals surface area contributed by atoms with Crippen LogP contribution in [0.1, 0.15) is 57.8 Å². The average Bonchev–Trinajstić information content (AvgIpc) is 2.42. The molecule has 0 aromatic carbocycles. The maximum Gasteiger partial charge on any atom is 0.117 e. The van der Waals surface area contributed by atoms with E-state index in [4.69, 9.17) is 5.11 Å². The maximum absolute atomic E-state index is 9.91. The van der Waals surface area contributed by atoms with Crippen molar-refractivity contribution >= 4 is 0 Å². The molecule has 0 saturated heterocycles. The summed E-state index contributed by atoms with van der Waals surface area (Å²) in [6, 6.07) is 0. The SMILES string of the molecule is OCCCCCC=CC#CC(O)C1CCCCC1. The molecule has 1 rings (SSSR count). The van der Waals surface area contributed by atoms with Crippen molar-refractivity contribution in [1.82, 2.24) is 0 Å². The fourth-order valence-electron chi connectivity index (χ4n) is 2.39. The van der Waals surface area contributed by atoms with Crippen LogP contribution in [0.5, 0.6) is 0 Å². The Balaban J connectivity index is 2.13. The molecular formula is C16H26O2. The highest BCUT2D eigenvalue weighted by molar-refractivity contribution is 5.18. The number of unbranched alkanes of at least 4 members (excludes halogenated alkanes) is 3. The summed E-state index contributed by atoms with van der Waals surface area (Å²) in [5.74, 6) is 6.27. The zero-order valence-corrected chi connectivity index (χ0v) is 11.3. The van der Waals surface area contributed by atoms with Crippen molar-refractivity contribution in [3.63, 3.8) is 0 Å². The van der Waals surface area contributed by atoms with Crippen LogP contribution in [0.25, 0.3) is 0 Å². The summed E-state index contributed by atoms with van der Waals surface area (Å²) in [4.78, 5) is 0. The van der Waals surface area contributed by atoms with Crippen LogP contribution in [0.4, 0.5) is 0 Å². The van der Waals surface area contributed by atoms with Gasteiger partial charge in [0.25, 0.3) is 0 Å². The van der Waals surface area contributed by atoms with E-state index in [0.29, 0.717) is 5.92 Å². The Labute approximate surface area is 111 Å². The monoisotopic (exact) mass is 250 g/mol. The molecule has 0 heterocycles. The summed E-state index contributed by atoms with van der Waals surface area (Å²) in [6.07, 6.45) is 13.6. The van der Waals surface area contributed by atoms with Gasteiger partial charge in [0, 0.05) is 6.61 Å². The van der Waals surface area contributed by atoms with E-state index in [1.807, 2.05) is 6.08 Å². The minimum absolute atomic E-state index is 0.289. The van der Waals surface area contributed by atoms with E-state index in [0.717, 1.165) is 38.5 Å². The van der Waals surface area contributed by atoms with Crippen molar-refractivity contribution in [2.75, 3.05) is 6.61 Å². The van der Waals surface area contributed by atoms with Gasteiger partial charge in [-0.15, -0.1) is 0 Å². The van der Waals surface area contributed by atoms with Crippen LogP contribution in [0, 0.1) is 17.8 Å². The first-order valence-corrected chi connectivity index (χ1v) is 7.29. The summed E-state index contributed by atoms with van der Waals surface area (Å²) in [5, 5.41) is 18.5. The van der Waals surface area contributed by atoms with E-state index in [2.05, 4.69) is 17.9 Å². The van der Waals surface area contributed by atoms with Gasteiger partial charge in [0.15, 0.2) is 0 Å². The van der Waals surface area contributed by atoms with Crippen LogP contribution >= 0.6 is 0 Å². The van der Waals surface area contributed by atoms with Crippen molar-refractivity contribution in [2.45, 2.75) is 63.9 Å². The van der Waals surface area contributed by atoms with Gasteiger partial charge in [-0.2, -0.15) is 0 Å². The molecule has 0 amide bonds. The summed E-state index contributed by atoms with van der Waals surface area (Å²) in [7, 11) is 0. The van der Waals surface area contributed by atoms with E-state index in [9.17, 15) is 5.11 Å². The topological polar surface area (TPSA) is 40.5 Å². The Morgan fingerprint density at radius 1 is 1.11 bits per heavy atom. The average molecular weight is 250 g/mol. The summed E-state index contributed by atoms with van der Waals surface area (Å²) < 4.78 is 0. The van der Waals surface area contributed by atoms with Crippen molar-refractivity contribution in [2.24, 2.45) is 5.92 Å². The van der Waals surface area contributed by atoms with Gasteiger partial charge in [-0.1, -0.05) is 43.6 Å². The number of allylic oxidation sites excluding steroid dienone is 2. The molecule has 1 atom stereocenters. The van der Waals surface area contributed by atoms with Gasteiger partial charge < -0.3 is 10.2 Å². The fourth-order valence-corrected chi connectivity index (χ4v) is 2.39. The number of aliphatic hydroxyl groups is 2. The van der Waals surface area contributed by atoms with Crippen molar-refractivity contribution in [1.29, 1.82) is 0 Å². The molecule has 0 aliphatic heterocycles. The third-order valence-electron chi connectivity index (χ3n) is 3.56. The second-order valence-corrected chi connectivity index (χ2v) is 5.11. The number of rotatable bonds is 6. The van der Waals surface area contributed by atoms with Gasteiger partial charge in [0.05, 0.1) is 0 Å². The largest absolute Gasteiger partial charge is 0.396 e. The molecule has 2 nitrogen and oxygen atoms in total. The van der Waals surface area contributed by atoms with Crippen molar-refractivity contribution in [3.05, 3.63) is 12.2 Å². The molecule has 2 N–H and O–H groups in total. The maximum atomic E-state index is 9.91. The zero-order chi connectivity index (χ0) is 13.1. The first-order valence-electron chi connectivity index (χ1n) is 7.29. The number of hydrogen-bond acceptors (Lipinski definition) is 2. The van der Waals surface area contributed by atoms with Gasteiger partial charge in [0.2, 0.25) is 0 Å². The molecule has 0 radical (unpaired) electrons. The van der Waals surface area contributed by atoms with E-state index < -0.39 is 6.10 Å². The van der Waals surface area contributed by atoms with Crippen LogP contribution in [0.3, 0.4) is 0 Å². The van der Waals surface area contributed by atoms with Crippen molar-refractivity contribution < 1.29 is 10.2 Å². The minimum Gasteiger partial charge on any atom is -0.396 e. The molecule has 1 aliphatic carbocycles. The highest BCUT2D eigenvalue weighted by Crippen LogP contribution is 2.26.